The Balaban J connectivity index is 2.53. The Hall–Kier alpha value is -1.40. The standard InChI is InChI=1S/C14H18BrNO4/c1-20-9-10-11(15)5-4-6-12(10)16-13(17)7-2-3-8-14(18)19/h4-6H,2-3,7-9H2,1H3,(H,16,17)(H,18,19). The third kappa shape index (κ3) is 5.71. The number of benzene rings is 1. The molecule has 20 heavy (non-hydrogen) atoms. The third-order valence-electron chi connectivity index (χ3n) is 2.73. The molecule has 0 fully saturated rings. The molecule has 110 valence electrons. The Morgan fingerprint density at radius 2 is 2.00 bits per heavy atom. The van der Waals surface area contributed by atoms with E-state index in [-0.39, 0.29) is 12.3 Å². The molecular formula is C14H18BrNO4. The van der Waals surface area contributed by atoms with E-state index in [0.29, 0.717) is 31.6 Å². The van der Waals surface area contributed by atoms with Crippen molar-refractivity contribution >= 4 is 33.5 Å². The van der Waals surface area contributed by atoms with Crippen LogP contribution in [0.4, 0.5) is 5.69 Å². The average molecular weight is 344 g/mol. The number of carboxylic acids is 1. The molecule has 2 N–H and O–H groups in total. The van der Waals surface area contributed by atoms with Gasteiger partial charge in [0.1, 0.15) is 0 Å². The predicted molar refractivity (Wildman–Crippen MR) is 79.6 cm³/mol. The molecule has 0 atom stereocenters. The molecule has 0 radical (unpaired) electrons. The van der Waals surface area contributed by atoms with Crippen molar-refractivity contribution in [1.29, 1.82) is 0 Å². The van der Waals surface area contributed by atoms with E-state index in [1.807, 2.05) is 18.2 Å². The summed E-state index contributed by atoms with van der Waals surface area (Å²) in [6, 6.07) is 5.54. The average Bonchev–Trinajstić information content (AvgIpc) is 2.39. The molecule has 1 amide bonds. The molecule has 6 heteroatoms. The second-order valence-corrected chi connectivity index (χ2v) is 5.20. The highest BCUT2D eigenvalue weighted by molar-refractivity contribution is 9.10. The second kappa shape index (κ2) is 8.71. The largest absolute Gasteiger partial charge is 0.481 e. The molecule has 0 aliphatic rings. The van der Waals surface area contributed by atoms with Crippen LogP contribution < -0.4 is 5.32 Å². The van der Waals surface area contributed by atoms with Crippen molar-refractivity contribution in [2.75, 3.05) is 12.4 Å². The van der Waals surface area contributed by atoms with Gasteiger partial charge in [-0.2, -0.15) is 0 Å². The van der Waals surface area contributed by atoms with E-state index in [0.717, 1.165) is 10.0 Å². The summed E-state index contributed by atoms with van der Waals surface area (Å²) in [6.07, 6.45) is 1.48. The number of carbonyl (C=O) groups excluding carboxylic acids is 1. The molecule has 0 unspecified atom stereocenters. The van der Waals surface area contributed by atoms with Gasteiger partial charge in [0.05, 0.1) is 6.61 Å². The predicted octanol–water partition coefficient (Wildman–Crippen LogP) is 3.18. The lowest BCUT2D eigenvalue weighted by Gasteiger charge is -2.12. The van der Waals surface area contributed by atoms with E-state index < -0.39 is 5.97 Å². The maximum atomic E-state index is 11.8. The number of methoxy groups -OCH3 is 1. The number of carboxylic acid groups (broad SMARTS) is 1. The summed E-state index contributed by atoms with van der Waals surface area (Å²) in [5.41, 5.74) is 1.60. The maximum absolute atomic E-state index is 11.8. The van der Waals surface area contributed by atoms with Crippen molar-refractivity contribution in [3.05, 3.63) is 28.2 Å². The van der Waals surface area contributed by atoms with Gasteiger partial charge < -0.3 is 15.2 Å². The van der Waals surface area contributed by atoms with Gasteiger partial charge in [-0.3, -0.25) is 9.59 Å². The smallest absolute Gasteiger partial charge is 0.303 e. The fourth-order valence-corrected chi connectivity index (χ4v) is 2.22. The van der Waals surface area contributed by atoms with Gasteiger partial charge >= 0.3 is 5.97 Å². The lowest BCUT2D eigenvalue weighted by atomic mass is 10.1. The van der Waals surface area contributed by atoms with Gasteiger partial charge in [0.15, 0.2) is 0 Å². The number of hydrogen-bond acceptors (Lipinski definition) is 3. The van der Waals surface area contributed by atoms with E-state index in [9.17, 15) is 9.59 Å². The molecule has 5 nitrogen and oxygen atoms in total. The van der Waals surface area contributed by atoms with Gasteiger partial charge in [0.25, 0.3) is 0 Å². The van der Waals surface area contributed by atoms with Gasteiger partial charge in [-0.25, -0.2) is 0 Å². The second-order valence-electron chi connectivity index (χ2n) is 4.35. The Kier molecular flexibility index (Phi) is 7.25. The normalized spacial score (nSPS) is 10.3. The number of unbranched alkanes of at least 4 members (excludes halogenated alkanes) is 1. The van der Waals surface area contributed by atoms with Crippen molar-refractivity contribution in [3.8, 4) is 0 Å². The number of aliphatic carboxylic acids is 1. The number of amides is 1. The van der Waals surface area contributed by atoms with Gasteiger partial charge in [0.2, 0.25) is 5.91 Å². The lowest BCUT2D eigenvalue weighted by molar-refractivity contribution is -0.137. The van der Waals surface area contributed by atoms with E-state index in [2.05, 4.69) is 21.2 Å². The van der Waals surface area contributed by atoms with Crippen molar-refractivity contribution in [3.63, 3.8) is 0 Å². The van der Waals surface area contributed by atoms with Gasteiger partial charge in [0, 0.05) is 35.7 Å². The van der Waals surface area contributed by atoms with Crippen LogP contribution in [0.3, 0.4) is 0 Å². The van der Waals surface area contributed by atoms with Crippen LogP contribution in [0.25, 0.3) is 0 Å². The zero-order chi connectivity index (χ0) is 15.0. The molecule has 0 saturated carbocycles. The topological polar surface area (TPSA) is 75.6 Å². The van der Waals surface area contributed by atoms with Crippen LogP contribution in [0, 0.1) is 0 Å². The number of rotatable bonds is 8. The quantitative estimate of drug-likeness (QED) is 0.710. The molecule has 1 rings (SSSR count). The molecule has 1 aromatic rings. The van der Waals surface area contributed by atoms with E-state index in [4.69, 9.17) is 9.84 Å². The zero-order valence-corrected chi connectivity index (χ0v) is 12.9. The molecule has 0 aliphatic carbocycles. The Bertz CT molecular complexity index is 476. The lowest BCUT2D eigenvalue weighted by Crippen LogP contribution is -2.13. The van der Waals surface area contributed by atoms with Crippen LogP contribution >= 0.6 is 15.9 Å². The van der Waals surface area contributed by atoms with E-state index >= 15 is 0 Å². The fourth-order valence-electron chi connectivity index (χ4n) is 1.74. The first-order chi connectivity index (χ1) is 9.54. The minimum absolute atomic E-state index is 0.0963. The Labute approximate surface area is 126 Å². The summed E-state index contributed by atoms with van der Waals surface area (Å²) in [4.78, 5) is 22.2. The highest BCUT2D eigenvalue weighted by Gasteiger charge is 2.09. The van der Waals surface area contributed by atoms with Crippen molar-refractivity contribution < 1.29 is 19.4 Å². The van der Waals surface area contributed by atoms with Crippen LogP contribution in [0.1, 0.15) is 31.2 Å². The molecular weight excluding hydrogens is 326 g/mol. The van der Waals surface area contributed by atoms with Gasteiger partial charge in [-0.05, 0) is 25.0 Å². The first kappa shape index (κ1) is 16.7. The monoisotopic (exact) mass is 343 g/mol. The maximum Gasteiger partial charge on any atom is 0.303 e. The number of ether oxygens (including phenoxy) is 1. The minimum atomic E-state index is -0.834. The summed E-state index contributed by atoms with van der Waals surface area (Å²) in [5, 5.41) is 11.3. The summed E-state index contributed by atoms with van der Waals surface area (Å²) in [6.45, 7) is 0.399. The van der Waals surface area contributed by atoms with E-state index in [1.165, 1.54) is 0 Å². The molecule has 0 saturated heterocycles. The molecule has 1 aromatic carbocycles. The summed E-state index contributed by atoms with van der Waals surface area (Å²) < 4.78 is 5.99. The zero-order valence-electron chi connectivity index (χ0n) is 11.3. The van der Waals surface area contributed by atoms with E-state index in [1.54, 1.807) is 7.11 Å². The van der Waals surface area contributed by atoms with Crippen LogP contribution in [0.5, 0.6) is 0 Å². The Morgan fingerprint density at radius 3 is 2.65 bits per heavy atom. The highest BCUT2D eigenvalue weighted by Crippen LogP contribution is 2.25. The SMILES string of the molecule is COCc1c(Br)cccc1NC(=O)CCCCC(=O)O. The minimum Gasteiger partial charge on any atom is -0.481 e. The first-order valence-corrected chi connectivity index (χ1v) is 7.12. The summed E-state index contributed by atoms with van der Waals surface area (Å²) >= 11 is 3.42. The summed E-state index contributed by atoms with van der Waals surface area (Å²) in [7, 11) is 1.59. The van der Waals surface area contributed by atoms with Crippen LogP contribution in [0.15, 0.2) is 22.7 Å². The fraction of sp³-hybridized carbons (Fsp3) is 0.429. The number of nitrogens with one attached hydrogen (secondary N) is 1. The highest BCUT2D eigenvalue weighted by atomic mass is 79.9. The van der Waals surface area contributed by atoms with Crippen molar-refractivity contribution in [2.24, 2.45) is 0 Å². The molecule has 0 bridgehead atoms. The third-order valence-corrected chi connectivity index (χ3v) is 3.47. The first-order valence-electron chi connectivity index (χ1n) is 6.32. The van der Waals surface area contributed by atoms with Crippen LogP contribution in [-0.4, -0.2) is 24.1 Å². The Morgan fingerprint density at radius 1 is 1.30 bits per heavy atom. The van der Waals surface area contributed by atoms with Crippen molar-refractivity contribution in [2.45, 2.75) is 32.3 Å². The molecule has 0 aliphatic heterocycles. The van der Waals surface area contributed by atoms with Crippen molar-refractivity contribution in [1.82, 2.24) is 0 Å². The van der Waals surface area contributed by atoms with Gasteiger partial charge in [-0.1, -0.05) is 22.0 Å². The number of halogens is 1. The summed E-state index contributed by atoms with van der Waals surface area (Å²) in [5.74, 6) is -0.953. The number of anilines is 1. The number of hydrogen-bond donors (Lipinski definition) is 2. The van der Waals surface area contributed by atoms with Crippen LogP contribution in [-0.2, 0) is 20.9 Å². The molecule has 0 aromatic heterocycles. The molecule has 0 spiro atoms. The number of carbonyl (C=O) groups is 2. The molecule has 0 heterocycles. The van der Waals surface area contributed by atoms with Crippen LogP contribution in [0.2, 0.25) is 0 Å². The van der Waals surface area contributed by atoms with Gasteiger partial charge in [-0.15, -0.1) is 0 Å².